The predicted molar refractivity (Wildman–Crippen MR) is 105 cm³/mol. The van der Waals surface area contributed by atoms with Gasteiger partial charge in [-0.1, -0.05) is 31.2 Å². The minimum absolute atomic E-state index is 0.00393. The van der Waals surface area contributed by atoms with E-state index in [9.17, 15) is 4.79 Å². The van der Waals surface area contributed by atoms with Crippen molar-refractivity contribution in [1.29, 1.82) is 0 Å². The number of hydrogen-bond donors (Lipinski definition) is 0. The van der Waals surface area contributed by atoms with Gasteiger partial charge in [0, 0.05) is 18.4 Å². The third kappa shape index (κ3) is 1.83. The molecule has 0 amide bonds. The lowest BCUT2D eigenvalue weighted by Gasteiger charge is -2.14. The highest BCUT2D eigenvalue weighted by atomic mass is 16.1. The van der Waals surface area contributed by atoms with E-state index in [1.165, 1.54) is 0 Å². The first-order chi connectivity index (χ1) is 12.7. The minimum atomic E-state index is -0.00393. The Labute approximate surface area is 149 Å². The molecule has 3 heterocycles. The Morgan fingerprint density at radius 1 is 0.885 bits per heavy atom. The monoisotopic (exact) mass is 342 g/mol. The third-order valence-electron chi connectivity index (χ3n) is 5.06. The predicted octanol–water partition coefficient (Wildman–Crippen LogP) is 3.93. The van der Waals surface area contributed by atoms with Gasteiger partial charge in [-0.05, 0) is 31.2 Å². The van der Waals surface area contributed by atoms with Gasteiger partial charge in [0.2, 0.25) is 5.43 Å². The van der Waals surface area contributed by atoms with Gasteiger partial charge in [-0.2, -0.15) is 0 Å². The van der Waals surface area contributed by atoms with E-state index in [1.807, 2.05) is 52.9 Å². The van der Waals surface area contributed by atoms with Gasteiger partial charge >= 0.3 is 0 Å². The molecule has 0 aliphatic heterocycles. The summed E-state index contributed by atoms with van der Waals surface area (Å²) < 4.78 is 4.15. The molecule has 0 aliphatic rings. The first kappa shape index (κ1) is 15.1. The number of rotatable bonds is 2. The maximum Gasteiger partial charge on any atom is 0.202 e. The van der Waals surface area contributed by atoms with Gasteiger partial charge in [-0.3, -0.25) is 9.20 Å². The van der Waals surface area contributed by atoms with E-state index < -0.39 is 0 Å². The van der Waals surface area contributed by atoms with Crippen molar-refractivity contribution in [1.82, 2.24) is 18.9 Å². The second-order valence-electron chi connectivity index (χ2n) is 6.43. The fourth-order valence-electron chi connectivity index (χ4n) is 3.89. The van der Waals surface area contributed by atoms with Crippen LogP contribution in [0.2, 0.25) is 0 Å². The molecule has 0 atom stereocenters. The lowest BCUT2D eigenvalue weighted by molar-refractivity contribution is 0.797. The van der Waals surface area contributed by atoms with Crippen molar-refractivity contribution in [2.24, 2.45) is 0 Å². The average molecular weight is 342 g/mol. The molecule has 0 bridgehead atoms. The molecule has 5 aromatic rings. The lowest BCUT2D eigenvalue weighted by Crippen LogP contribution is -2.15. The quantitative estimate of drug-likeness (QED) is 0.457. The standard InChI is InChI=1S/C21H18N4O/c1-3-17-23-20-18(21-22-14-10-6-8-12-16(14)25(17)21)19(26)13-9-5-7-11-15(13)24(20)4-2/h5-12H,3-4H2,1-2H3. The van der Waals surface area contributed by atoms with Gasteiger partial charge in [0.15, 0.2) is 5.65 Å². The van der Waals surface area contributed by atoms with Crippen molar-refractivity contribution in [2.75, 3.05) is 0 Å². The maximum atomic E-state index is 13.3. The summed E-state index contributed by atoms with van der Waals surface area (Å²) in [4.78, 5) is 23.1. The van der Waals surface area contributed by atoms with Crippen molar-refractivity contribution in [3.05, 3.63) is 64.6 Å². The summed E-state index contributed by atoms with van der Waals surface area (Å²) in [6.07, 6.45) is 0.761. The van der Waals surface area contributed by atoms with Gasteiger partial charge in [0.05, 0.1) is 16.6 Å². The summed E-state index contributed by atoms with van der Waals surface area (Å²) in [6, 6.07) is 15.7. The van der Waals surface area contributed by atoms with E-state index >= 15 is 0 Å². The number of aromatic nitrogens is 4. The summed E-state index contributed by atoms with van der Waals surface area (Å²) in [6.45, 7) is 4.90. The van der Waals surface area contributed by atoms with Gasteiger partial charge in [-0.25, -0.2) is 9.97 Å². The fraction of sp³-hybridized carbons (Fsp3) is 0.190. The zero-order valence-electron chi connectivity index (χ0n) is 14.7. The summed E-state index contributed by atoms with van der Waals surface area (Å²) in [7, 11) is 0. The topological polar surface area (TPSA) is 52.2 Å². The second kappa shape index (κ2) is 5.39. The van der Waals surface area contributed by atoms with Crippen LogP contribution in [0.4, 0.5) is 0 Å². The van der Waals surface area contributed by atoms with Crippen LogP contribution in [0.5, 0.6) is 0 Å². The number of imidazole rings is 1. The van der Waals surface area contributed by atoms with Crippen LogP contribution in [0.3, 0.4) is 0 Å². The Kier molecular flexibility index (Phi) is 3.13. The molecule has 26 heavy (non-hydrogen) atoms. The first-order valence-electron chi connectivity index (χ1n) is 8.96. The highest BCUT2D eigenvalue weighted by molar-refractivity contribution is 6.01. The van der Waals surface area contributed by atoms with Crippen LogP contribution in [0, 0.1) is 0 Å². The third-order valence-corrected chi connectivity index (χ3v) is 5.06. The molecule has 3 aromatic heterocycles. The number of para-hydroxylation sites is 3. The Hall–Kier alpha value is -3.21. The van der Waals surface area contributed by atoms with Crippen molar-refractivity contribution in [3.63, 3.8) is 0 Å². The SMILES string of the molecule is CCc1nc2c(c(=O)c3ccccc3n2CC)c2nc3ccccc3n12. The summed E-state index contributed by atoms with van der Waals surface area (Å²) in [5.41, 5.74) is 4.21. The van der Waals surface area contributed by atoms with Crippen LogP contribution in [-0.2, 0) is 13.0 Å². The van der Waals surface area contributed by atoms with Crippen molar-refractivity contribution in [2.45, 2.75) is 26.8 Å². The Balaban J connectivity index is 2.17. The molecule has 0 fully saturated rings. The van der Waals surface area contributed by atoms with E-state index in [2.05, 4.69) is 18.4 Å². The molecule has 5 nitrogen and oxygen atoms in total. The molecule has 0 radical (unpaired) electrons. The summed E-state index contributed by atoms with van der Waals surface area (Å²) >= 11 is 0. The Morgan fingerprint density at radius 3 is 2.38 bits per heavy atom. The van der Waals surface area contributed by atoms with Crippen molar-refractivity contribution in [3.8, 4) is 0 Å². The molecule has 5 rings (SSSR count). The largest absolute Gasteiger partial charge is 0.325 e. The van der Waals surface area contributed by atoms with Gasteiger partial charge in [-0.15, -0.1) is 0 Å². The molecule has 2 aromatic carbocycles. The van der Waals surface area contributed by atoms with Gasteiger partial charge < -0.3 is 4.57 Å². The van der Waals surface area contributed by atoms with Crippen LogP contribution in [0.15, 0.2) is 53.3 Å². The van der Waals surface area contributed by atoms with Crippen LogP contribution in [0.1, 0.15) is 19.7 Å². The fourth-order valence-corrected chi connectivity index (χ4v) is 3.89. The molecule has 0 saturated carbocycles. The number of aryl methyl sites for hydroxylation is 2. The highest BCUT2D eigenvalue weighted by Gasteiger charge is 2.19. The van der Waals surface area contributed by atoms with E-state index in [-0.39, 0.29) is 5.43 Å². The average Bonchev–Trinajstić information content (AvgIpc) is 3.07. The van der Waals surface area contributed by atoms with Crippen LogP contribution < -0.4 is 5.43 Å². The summed E-state index contributed by atoms with van der Waals surface area (Å²) in [5, 5.41) is 1.31. The zero-order valence-corrected chi connectivity index (χ0v) is 14.7. The van der Waals surface area contributed by atoms with Gasteiger partial charge in [0.1, 0.15) is 16.9 Å². The number of fused-ring (bicyclic) bond motifs is 6. The van der Waals surface area contributed by atoms with Crippen LogP contribution in [0.25, 0.3) is 38.6 Å². The second-order valence-corrected chi connectivity index (χ2v) is 6.43. The van der Waals surface area contributed by atoms with E-state index in [4.69, 9.17) is 9.97 Å². The molecule has 0 aliphatic carbocycles. The molecule has 0 unspecified atom stereocenters. The van der Waals surface area contributed by atoms with Crippen LogP contribution >= 0.6 is 0 Å². The Morgan fingerprint density at radius 2 is 1.62 bits per heavy atom. The van der Waals surface area contributed by atoms with Gasteiger partial charge in [0.25, 0.3) is 0 Å². The first-order valence-corrected chi connectivity index (χ1v) is 8.96. The Bertz CT molecular complexity index is 1380. The van der Waals surface area contributed by atoms with Crippen LogP contribution in [-0.4, -0.2) is 18.9 Å². The number of benzene rings is 2. The van der Waals surface area contributed by atoms with Crippen molar-refractivity contribution < 1.29 is 0 Å². The number of pyridine rings is 1. The molecular formula is C21H18N4O. The zero-order chi connectivity index (χ0) is 17.8. The van der Waals surface area contributed by atoms with E-state index in [1.54, 1.807) is 0 Å². The van der Waals surface area contributed by atoms with E-state index in [0.717, 1.165) is 41.0 Å². The number of hydrogen-bond acceptors (Lipinski definition) is 3. The minimum Gasteiger partial charge on any atom is -0.325 e. The molecule has 0 spiro atoms. The summed E-state index contributed by atoms with van der Waals surface area (Å²) in [5.74, 6) is 0.915. The normalized spacial score (nSPS) is 11.9. The molecule has 0 saturated heterocycles. The number of nitrogens with zero attached hydrogens (tertiary/aromatic N) is 4. The highest BCUT2D eigenvalue weighted by Crippen LogP contribution is 2.25. The maximum absolute atomic E-state index is 13.3. The molecule has 128 valence electrons. The smallest absolute Gasteiger partial charge is 0.202 e. The van der Waals surface area contributed by atoms with E-state index in [0.29, 0.717) is 16.4 Å². The molecule has 0 N–H and O–H groups in total. The molecule has 5 heteroatoms. The van der Waals surface area contributed by atoms with Crippen molar-refractivity contribution >= 4 is 38.6 Å². The lowest BCUT2D eigenvalue weighted by atomic mass is 10.1. The molecular weight excluding hydrogens is 324 g/mol.